The molecule has 0 unspecified atom stereocenters. The van der Waals surface area contributed by atoms with Gasteiger partial charge in [0, 0.05) is 10.6 Å². The molecule has 1 heterocycles. The summed E-state index contributed by atoms with van der Waals surface area (Å²) in [7, 11) is 0. The summed E-state index contributed by atoms with van der Waals surface area (Å²) in [5, 5.41) is 5.96. The fraction of sp³-hybridized carbons (Fsp3) is 0.364. The number of thioether (sulfide) groups is 1. The molecule has 0 spiro atoms. The van der Waals surface area contributed by atoms with Gasteiger partial charge in [-0.1, -0.05) is 0 Å². The van der Waals surface area contributed by atoms with Crippen LogP contribution in [0.5, 0.6) is 0 Å². The van der Waals surface area contributed by atoms with Crippen LogP contribution in [0.4, 0.5) is 5.69 Å². The zero-order valence-electron chi connectivity index (χ0n) is 8.62. The van der Waals surface area contributed by atoms with Crippen molar-refractivity contribution in [2.75, 3.05) is 18.1 Å². The SMILES string of the molecule is CSc1ccc(NC(=O)[C@H]2CCN2)cc1. The van der Waals surface area contributed by atoms with Crippen LogP contribution < -0.4 is 10.6 Å². The summed E-state index contributed by atoms with van der Waals surface area (Å²) in [5.74, 6) is 0.0677. The summed E-state index contributed by atoms with van der Waals surface area (Å²) < 4.78 is 0. The maximum Gasteiger partial charge on any atom is 0.241 e. The van der Waals surface area contributed by atoms with E-state index in [1.165, 1.54) is 4.90 Å². The first-order valence-corrected chi connectivity index (χ1v) is 6.20. The second-order valence-corrected chi connectivity index (χ2v) is 4.39. The first-order valence-electron chi connectivity index (χ1n) is 4.98. The van der Waals surface area contributed by atoms with Gasteiger partial charge in [-0.05, 0) is 43.5 Å². The van der Waals surface area contributed by atoms with Gasteiger partial charge >= 0.3 is 0 Å². The third kappa shape index (κ3) is 2.52. The van der Waals surface area contributed by atoms with E-state index in [4.69, 9.17) is 0 Å². The van der Waals surface area contributed by atoms with Gasteiger partial charge in [-0.15, -0.1) is 11.8 Å². The van der Waals surface area contributed by atoms with E-state index in [2.05, 4.69) is 10.6 Å². The number of hydrogen-bond acceptors (Lipinski definition) is 3. The molecule has 1 aliphatic heterocycles. The summed E-state index contributed by atoms with van der Waals surface area (Å²) in [4.78, 5) is 12.8. The van der Waals surface area contributed by atoms with Crippen LogP contribution in [0.2, 0.25) is 0 Å². The Bertz CT molecular complexity index is 346. The van der Waals surface area contributed by atoms with Crippen molar-refractivity contribution in [3.05, 3.63) is 24.3 Å². The third-order valence-electron chi connectivity index (χ3n) is 2.50. The summed E-state index contributed by atoms with van der Waals surface area (Å²) in [5.41, 5.74) is 0.867. The van der Waals surface area contributed by atoms with Crippen LogP contribution >= 0.6 is 11.8 Å². The monoisotopic (exact) mass is 222 g/mol. The number of nitrogens with one attached hydrogen (secondary N) is 2. The Hall–Kier alpha value is -1.00. The van der Waals surface area contributed by atoms with Gasteiger partial charge in [-0.2, -0.15) is 0 Å². The molecular weight excluding hydrogens is 208 g/mol. The predicted octanol–water partition coefficient (Wildman–Crippen LogP) is 1.71. The molecule has 1 aromatic rings. The van der Waals surface area contributed by atoms with Crippen molar-refractivity contribution in [2.45, 2.75) is 17.4 Å². The van der Waals surface area contributed by atoms with Crippen LogP contribution in [-0.4, -0.2) is 24.7 Å². The van der Waals surface area contributed by atoms with Gasteiger partial charge in [0.25, 0.3) is 0 Å². The number of amides is 1. The summed E-state index contributed by atoms with van der Waals surface area (Å²) >= 11 is 1.69. The van der Waals surface area contributed by atoms with Gasteiger partial charge in [-0.25, -0.2) is 0 Å². The van der Waals surface area contributed by atoms with Gasteiger partial charge in [0.1, 0.15) is 0 Å². The Kier molecular flexibility index (Phi) is 3.28. The van der Waals surface area contributed by atoms with E-state index in [-0.39, 0.29) is 11.9 Å². The summed E-state index contributed by atoms with van der Waals surface area (Å²) in [6.45, 7) is 0.948. The Morgan fingerprint density at radius 2 is 2.13 bits per heavy atom. The molecule has 1 aromatic carbocycles. The van der Waals surface area contributed by atoms with Crippen molar-refractivity contribution < 1.29 is 4.79 Å². The highest BCUT2D eigenvalue weighted by Crippen LogP contribution is 2.18. The quantitative estimate of drug-likeness (QED) is 0.765. The van der Waals surface area contributed by atoms with Crippen molar-refractivity contribution in [1.82, 2.24) is 5.32 Å². The topological polar surface area (TPSA) is 41.1 Å². The minimum absolute atomic E-state index is 0.00484. The van der Waals surface area contributed by atoms with Gasteiger partial charge in [0.05, 0.1) is 6.04 Å². The van der Waals surface area contributed by atoms with Crippen LogP contribution in [0, 0.1) is 0 Å². The van der Waals surface area contributed by atoms with E-state index in [1.54, 1.807) is 11.8 Å². The predicted molar refractivity (Wildman–Crippen MR) is 63.3 cm³/mol. The Labute approximate surface area is 93.6 Å². The zero-order chi connectivity index (χ0) is 10.7. The second kappa shape index (κ2) is 4.68. The van der Waals surface area contributed by atoms with Crippen LogP contribution in [-0.2, 0) is 4.79 Å². The molecular formula is C11H14N2OS. The number of anilines is 1. The highest BCUT2D eigenvalue weighted by atomic mass is 32.2. The molecule has 0 bridgehead atoms. The number of hydrogen-bond donors (Lipinski definition) is 2. The Morgan fingerprint density at radius 1 is 1.47 bits per heavy atom. The number of carbonyl (C=O) groups is 1. The van der Waals surface area contributed by atoms with Crippen LogP contribution in [0.3, 0.4) is 0 Å². The summed E-state index contributed by atoms with van der Waals surface area (Å²) in [6, 6.07) is 7.89. The number of benzene rings is 1. The number of rotatable bonds is 3. The lowest BCUT2D eigenvalue weighted by Gasteiger charge is -2.26. The average molecular weight is 222 g/mol. The average Bonchev–Trinajstić information content (AvgIpc) is 2.16. The smallest absolute Gasteiger partial charge is 0.241 e. The molecule has 0 aliphatic carbocycles. The molecule has 2 N–H and O–H groups in total. The largest absolute Gasteiger partial charge is 0.325 e. The molecule has 1 fully saturated rings. The lowest BCUT2D eigenvalue weighted by molar-refractivity contribution is -0.119. The van der Waals surface area contributed by atoms with Gasteiger partial charge in [0.2, 0.25) is 5.91 Å². The van der Waals surface area contributed by atoms with Crippen molar-refractivity contribution in [3.8, 4) is 0 Å². The molecule has 1 aliphatic rings. The van der Waals surface area contributed by atoms with Crippen molar-refractivity contribution in [2.24, 2.45) is 0 Å². The first kappa shape index (κ1) is 10.5. The minimum Gasteiger partial charge on any atom is -0.325 e. The molecule has 1 amide bonds. The fourth-order valence-corrected chi connectivity index (χ4v) is 1.82. The zero-order valence-corrected chi connectivity index (χ0v) is 9.43. The molecule has 2 rings (SSSR count). The van der Waals surface area contributed by atoms with E-state index in [0.29, 0.717) is 0 Å². The van der Waals surface area contributed by atoms with Crippen molar-refractivity contribution in [1.29, 1.82) is 0 Å². The van der Waals surface area contributed by atoms with Crippen molar-refractivity contribution >= 4 is 23.4 Å². The molecule has 3 nitrogen and oxygen atoms in total. The lowest BCUT2D eigenvalue weighted by Crippen LogP contribution is -2.50. The Balaban J connectivity index is 1.94. The molecule has 0 radical (unpaired) electrons. The van der Waals surface area contributed by atoms with E-state index in [1.807, 2.05) is 30.5 Å². The second-order valence-electron chi connectivity index (χ2n) is 3.51. The maximum absolute atomic E-state index is 11.6. The van der Waals surface area contributed by atoms with Crippen LogP contribution in [0.15, 0.2) is 29.2 Å². The van der Waals surface area contributed by atoms with E-state index in [9.17, 15) is 4.79 Å². The molecule has 1 atom stereocenters. The molecule has 80 valence electrons. The van der Waals surface area contributed by atoms with Gasteiger partial charge in [-0.3, -0.25) is 4.79 Å². The minimum atomic E-state index is 0.00484. The maximum atomic E-state index is 11.6. The van der Waals surface area contributed by atoms with Crippen LogP contribution in [0.1, 0.15) is 6.42 Å². The molecule has 0 aromatic heterocycles. The van der Waals surface area contributed by atoms with E-state index >= 15 is 0 Å². The fourth-order valence-electron chi connectivity index (χ4n) is 1.42. The van der Waals surface area contributed by atoms with Gasteiger partial charge < -0.3 is 10.6 Å². The third-order valence-corrected chi connectivity index (χ3v) is 3.24. The lowest BCUT2D eigenvalue weighted by atomic mass is 10.1. The number of carbonyl (C=O) groups excluding carboxylic acids is 1. The van der Waals surface area contributed by atoms with Crippen molar-refractivity contribution in [3.63, 3.8) is 0 Å². The molecule has 0 saturated carbocycles. The molecule has 15 heavy (non-hydrogen) atoms. The van der Waals surface area contributed by atoms with Crippen LogP contribution in [0.25, 0.3) is 0 Å². The Morgan fingerprint density at radius 3 is 2.60 bits per heavy atom. The first-order chi connectivity index (χ1) is 7.29. The standard InChI is InChI=1S/C11H14N2OS/c1-15-9-4-2-8(3-5-9)13-11(14)10-6-7-12-10/h2-5,10,12H,6-7H2,1H3,(H,13,14)/t10-/m1/s1. The van der Waals surface area contributed by atoms with E-state index < -0.39 is 0 Å². The highest BCUT2D eigenvalue weighted by Gasteiger charge is 2.24. The summed E-state index contributed by atoms with van der Waals surface area (Å²) in [6.07, 6.45) is 2.97. The van der Waals surface area contributed by atoms with E-state index in [0.717, 1.165) is 18.7 Å². The van der Waals surface area contributed by atoms with Gasteiger partial charge in [0.15, 0.2) is 0 Å². The highest BCUT2D eigenvalue weighted by molar-refractivity contribution is 7.98. The molecule has 4 heteroatoms. The normalized spacial score (nSPS) is 19.4. The molecule has 1 saturated heterocycles.